The van der Waals surface area contributed by atoms with E-state index in [1.807, 2.05) is 0 Å². The minimum Gasteiger partial charge on any atom is -0.444 e. The van der Waals surface area contributed by atoms with Crippen LogP contribution in [0.5, 0.6) is 0 Å². The first-order valence-electron chi connectivity index (χ1n) is 5.14. The van der Waals surface area contributed by atoms with Gasteiger partial charge < -0.3 is 9.64 Å². The number of nitrogens with zero attached hydrogens (tertiary/aromatic N) is 2. The first kappa shape index (κ1) is 12.5. The second-order valence-electron chi connectivity index (χ2n) is 4.76. The van der Waals surface area contributed by atoms with E-state index in [1.54, 1.807) is 33.9 Å². The molecule has 0 aromatic heterocycles. The topological polar surface area (TPSA) is 49.9 Å². The number of amides is 2. The zero-order valence-electron chi connectivity index (χ0n) is 10.2. The maximum atomic E-state index is 11.8. The Hall–Kier alpha value is -1.52. The number of likely N-dealkylation sites (N-methyl/N-ethyl adjacent to an activating group) is 1. The van der Waals surface area contributed by atoms with Crippen molar-refractivity contribution in [1.29, 1.82) is 0 Å². The van der Waals surface area contributed by atoms with Crippen molar-refractivity contribution in [2.75, 3.05) is 13.6 Å². The Kier molecular flexibility index (Phi) is 3.26. The van der Waals surface area contributed by atoms with Gasteiger partial charge in [-0.1, -0.05) is 6.58 Å². The van der Waals surface area contributed by atoms with Crippen LogP contribution < -0.4 is 0 Å². The predicted molar refractivity (Wildman–Crippen MR) is 59.7 cm³/mol. The van der Waals surface area contributed by atoms with Crippen LogP contribution in [-0.2, 0) is 9.53 Å². The van der Waals surface area contributed by atoms with Gasteiger partial charge in [-0.25, -0.2) is 4.79 Å². The zero-order valence-corrected chi connectivity index (χ0v) is 10.2. The molecule has 1 aliphatic heterocycles. The molecule has 1 unspecified atom stereocenters. The molecule has 1 rings (SSSR count). The number of hydrogen-bond acceptors (Lipinski definition) is 3. The van der Waals surface area contributed by atoms with Crippen molar-refractivity contribution in [1.82, 2.24) is 9.80 Å². The predicted octanol–water partition coefficient (Wildman–Crippen LogP) is 1.21. The van der Waals surface area contributed by atoms with Gasteiger partial charge in [0, 0.05) is 7.05 Å². The van der Waals surface area contributed by atoms with Crippen molar-refractivity contribution in [2.45, 2.75) is 32.5 Å². The average molecular weight is 226 g/mol. The minimum absolute atomic E-state index is 0.0437. The van der Waals surface area contributed by atoms with Crippen LogP contribution in [0, 0.1) is 0 Å². The number of rotatable bonds is 1. The molecule has 0 N–H and O–H groups in total. The molecule has 0 spiro atoms. The Morgan fingerprint density at radius 3 is 2.56 bits per heavy atom. The monoisotopic (exact) mass is 226 g/mol. The molecule has 1 fully saturated rings. The van der Waals surface area contributed by atoms with Gasteiger partial charge in [0.2, 0.25) is 5.91 Å². The summed E-state index contributed by atoms with van der Waals surface area (Å²) < 4.78 is 5.21. The van der Waals surface area contributed by atoms with Crippen LogP contribution in [0.2, 0.25) is 0 Å². The van der Waals surface area contributed by atoms with E-state index in [0.29, 0.717) is 0 Å². The number of carbonyl (C=O) groups is 2. The van der Waals surface area contributed by atoms with E-state index in [-0.39, 0.29) is 12.5 Å². The van der Waals surface area contributed by atoms with Gasteiger partial charge in [-0.2, -0.15) is 0 Å². The third-order valence-electron chi connectivity index (χ3n) is 2.25. The highest BCUT2D eigenvalue weighted by Gasteiger charge is 2.38. The quantitative estimate of drug-likeness (QED) is 0.631. The highest BCUT2D eigenvalue weighted by Crippen LogP contribution is 2.18. The molecule has 2 amide bonds. The lowest BCUT2D eigenvalue weighted by atomic mass is 10.2. The van der Waals surface area contributed by atoms with Crippen LogP contribution in [0.15, 0.2) is 12.7 Å². The normalized spacial score (nSPS) is 21.2. The fourth-order valence-electron chi connectivity index (χ4n) is 1.49. The van der Waals surface area contributed by atoms with Gasteiger partial charge in [0.05, 0.1) is 0 Å². The van der Waals surface area contributed by atoms with Crippen molar-refractivity contribution < 1.29 is 14.3 Å². The third kappa shape index (κ3) is 2.53. The molecular formula is C11H18N2O3. The molecule has 0 saturated carbocycles. The smallest absolute Gasteiger partial charge is 0.412 e. The first-order chi connectivity index (χ1) is 7.26. The van der Waals surface area contributed by atoms with Crippen LogP contribution in [0.1, 0.15) is 20.8 Å². The second kappa shape index (κ2) is 4.15. The third-order valence-corrected chi connectivity index (χ3v) is 2.25. The van der Waals surface area contributed by atoms with Crippen molar-refractivity contribution in [3.05, 3.63) is 12.7 Å². The molecule has 1 heterocycles. The van der Waals surface area contributed by atoms with Gasteiger partial charge in [0.1, 0.15) is 18.3 Å². The molecule has 0 radical (unpaired) electrons. The molecule has 16 heavy (non-hydrogen) atoms. The Morgan fingerprint density at radius 1 is 1.56 bits per heavy atom. The van der Waals surface area contributed by atoms with Crippen molar-refractivity contribution >= 4 is 12.0 Å². The molecule has 0 bridgehead atoms. The van der Waals surface area contributed by atoms with Crippen LogP contribution in [0.25, 0.3) is 0 Å². The van der Waals surface area contributed by atoms with Gasteiger partial charge in [-0.05, 0) is 26.8 Å². The van der Waals surface area contributed by atoms with Crippen molar-refractivity contribution in [3.8, 4) is 0 Å². The molecule has 90 valence electrons. The van der Waals surface area contributed by atoms with Gasteiger partial charge in [0.15, 0.2) is 0 Å². The Labute approximate surface area is 95.6 Å². The number of carbonyl (C=O) groups excluding carboxylic acids is 2. The summed E-state index contributed by atoms with van der Waals surface area (Å²) in [5.74, 6) is -0.115. The largest absolute Gasteiger partial charge is 0.444 e. The number of ether oxygens (including phenoxy) is 1. The highest BCUT2D eigenvalue weighted by molar-refractivity contribution is 5.86. The molecule has 0 aromatic carbocycles. The molecular weight excluding hydrogens is 208 g/mol. The summed E-state index contributed by atoms with van der Waals surface area (Å²) >= 11 is 0. The maximum absolute atomic E-state index is 11.8. The Bertz CT molecular complexity index is 320. The van der Waals surface area contributed by atoms with Crippen molar-refractivity contribution in [3.63, 3.8) is 0 Å². The molecule has 5 nitrogen and oxygen atoms in total. The van der Waals surface area contributed by atoms with Crippen molar-refractivity contribution in [2.24, 2.45) is 0 Å². The van der Waals surface area contributed by atoms with E-state index in [2.05, 4.69) is 6.58 Å². The van der Waals surface area contributed by atoms with E-state index in [4.69, 9.17) is 4.74 Å². The van der Waals surface area contributed by atoms with E-state index in [9.17, 15) is 9.59 Å². The van der Waals surface area contributed by atoms with Gasteiger partial charge >= 0.3 is 6.09 Å². The lowest BCUT2D eigenvalue weighted by Crippen LogP contribution is -2.42. The summed E-state index contributed by atoms with van der Waals surface area (Å²) in [6.45, 7) is 9.02. The van der Waals surface area contributed by atoms with Gasteiger partial charge in [-0.3, -0.25) is 9.69 Å². The Balaban J connectivity index is 2.77. The SMILES string of the molecule is C=CC1N(C)C(=O)CN1C(=O)OC(C)(C)C. The van der Waals surface area contributed by atoms with E-state index in [0.717, 1.165) is 0 Å². The molecule has 1 atom stereocenters. The minimum atomic E-state index is -0.562. The van der Waals surface area contributed by atoms with E-state index in [1.165, 1.54) is 9.80 Å². The lowest BCUT2D eigenvalue weighted by Gasteiger charge is -2.27. The Morgan fingerprint density at radius 2 is 2.12 bits per heavy atom. The summed E-state index contributed by atoms with van der Waals surface area (Å²) in [6.07, 6.45) is 0.645. The van der Waals surface area contributed by atoms with Crippen LogP contribution >= 0.6 is 0 Å². The molecule has 0 aromatic rings. The second-order valence-corrected chi connectivity index (χ2v) is 4.76. The summed E-state index contributed by atoms with van der Waals surface area (Å²) in [6, 6.07) is 0. The summed E-state index contributed by atoms with van der Waals surface area (Å²) in [7, 11) is 1.64. The van der Waals surface area contributed by atoms with Crippen LogP contribution in [0.4, 0.5) is 4.79 Å². The highest BCUT2D eigenvalue weighted by atomic mass is 16.6. The van der Waals surface area contributed by atoms with Gasteiger partial charge in [0.25, 0.3) is 0 Å². The molecule has 5 heteroatoms. The first-order valence-corrected chi connectivity index (χ1v) is 5.14. The van der Waals surface area contributed by atoms with Crippen LogP contribution in [-0.4, -0.2) is 47.2 Å². The number of hydrogen-bond donors (Lipinski definition) is 0. The van der Waals surface area contributed by atoms with E-state index >= 15 is 0 Å². The lowest BCUT2D eigenvalue weighted by molar-refractivity contribution is -0.126. The fourth-order valence-corrected chi connectivity index (χ4v) is 1.49. The fraction of sp³-hybridized carbons (Fsp3) is 0.636. The summed E-state index contributed by atoms with van der Waals surface area (Å²) in [4.78, 5) is 26.1. The standard InChI is InChI=1S/C11H18N2O3/c1-6-8-12(5)9(14)7-13(8)10(15)16-11(2,3)4/h6,8H,1,7H2,2-5H3. The molecule has 1 saturated heterocycles. The maximum Gasteiger partial charge on any atom is 0.412 e. The van der Waals surface area contributed by atoms with Gasteiger partial charge in [-0.15, -0.1) is 0 Å². The van der Waals surface area contributed by atoms with Crippen LogP contribution in [0.3, 0.4) is 0 Å². The molecule has 0 aliphatic carbocycles. The molecule has 1 aliphatic rings. The average Bonchev–Trinajstić information content (AvgIpc) is 2.40. The summed E-state index contributed by atoms with van der Waals surface area (Å²) in [5, 5.41) is 0. The summed E-state index contributed by atoms with van der Waals surface area (Å²) in [5.41, 5.74) is -0.562. The zero-order chi connectivity index (χ0) is 12.5. The van der Waals surface area contributed by atoms with E-state index < -0.39 is 17.9 Å².